The number of thiazole rings is 1. The Balaban J connectivity index is 2.11. The predicted octanol–water partition coefficient (Wildman–Crippen LogP) is 1.74. The summed E-state index contributed by atoms with van der Waals surface area (Å²) in [6, 6.07) is 9.90. The number of rotatable bonds is 5. The van der Waals surface area contributed by atoms with Crippen LogP contribution in [0.2, 0.25) is 0 Å². The number of amides is 1. The van der Waals surface area contributed by atoms with E-state index in [0.717, 1.165) is 5.56 Å². The fourth-order valence-electron chi connectivity index (χ4n) is 1.69. The summed E-state index contributed by atoms with van der Waals surface area (Å²) in [5, 5.41) is 0. The van der Waals surface area contributed by atoms with Crippen molar-refractivity contribution < 1.29 is 4.79 Å². The highest BCUT2D eigenvalue weighted by molar-refractivity contribution is 7.11. The van der Waals surface area contributed by atoms with Gasteiger partial charge < -0.3 is 10.6 Å². The smallest absolute Gasteiger partial charge is 0.265 e. The van der Waals surface area contributed by atoms with E-state index >= 15 is 0 Å². The fraction of sp³-hybridized carbons (Fsp3) is 0.231. The molecule has 5 heteroatoms. The molecule has 1 amide bonds. The first-order valence-electron chi connectivity index (χ1n) is 5.73. The van der Waals surface area contributed by atoms with Gasteiger partial charge in [-0.05, 0) is 5.56 Å². The molecule has 0 bridgehead atoms. The number of carbonyl (C=O) groups excluding carboxylic acids is 1. The summed E-state index contributed by atoms with van der Waals surface area (Å²) >= 11 is 1.35. The number of carbonyl (C=O) groups is 1. The second-order valence-electron chi connectivity index (χ2n) is 3.87. The molecule has 0 saturated carbocycles. The van der Waals surface area contributed by atoms with E-state index in [0.29, 0.717) is 24.5 Å². The lowest BCUT2D eigenvalue weighted by Crippen LogP contribution is -2.34. The number of benzene rings is 1. The summed E-state index contributed by atoms with van der Waals surface area (Å²) in [6.45, 7) is 1.58. The van der Waals surface area contributed by atoms with Crippen molar-refractivity contribution in [3.63, 3.8) is 0 Å². The molecule has 0 atom stereocenters. The van der Waals surface area contributed by atoms with Crippen molar-refractivity contribution in [3.05, 3.63) is 52.5 Å². The van der Waals surface area contributed by atoms with Gasteiger partial charge in [0.1, 0.15) is 4.88 Å². The van der Waals surface area contributed by atoms with Crippen LogP contribution in [0.4, 0.5) is 0 Å². The van der Waals surface area contributed by atoms with Gasteiger partial charge in [-0.15, -0.1) is 11.3 Å². The van der Waals surface area contributed by atoms with E-state index in [4.69, 9.17) is 5.73 Å². The van der Waals surface area contributed by atoms with Gasteiger partial charge in [0.25, 0.3) is 5.91 Å². The molecule has 0 fully saturated rings. The van der Waals surface area contributed by atoms with Crippen LogP contribution in [-0.2, 0) is 6.54 Å². The van der Waals surface area contributed by atoms with Crippen molar-refractivity contribution in [1.29, 1.82) is 0 Å². The van der Waals surface area contributed by atoms with Crippen molar-refractivity contribution in [2.75, 3.05) is 13.1 Å². The van der Waals surface area contributed by atoms with Crippen LogP contribution in [0.25, 0.3) is 0 Å². The standard InChI is InChI=1S/C13H15N3OS/c14-6-7-16(9-11-4-2-1-3-5-11)13(17)12-8-15-10-18-12/h1-5,8,10H,6-7,9,14H2. The van der Waals surface area contributed by atoms with Gasteiger partial charge in [0.05, 0.1) is 11.7 Å². The molecule has 94 valence electrons. The highest BCUT2D eigenvalue weighted by Crippen LogP contribution is 2.12. The molecule has 2 rings (SSSR count). The fourth-order valence-corrected chi connectivity index (χ4v) is 2.28. The second kappa shape index (κ2) is 6.28. The zero-order valence-electron chi connectivity index (χ0n) is 9.95. The van der Waals surface area contributed by atoms with Crippen LogP contribution in [0.1, 0.15) is 15.2 Å². The first-order valence-corrected chi connectivity index (χ1v) is 6.61. The normalized spacial score (nSPS) is 10.3. The quantitative estimate of drug-likeness (QED) is 0.892. The molecule has 1 aromatic carbocycles. The number of hydrogen-bond acceptors (Lipinski definition) is 4. The minimum Gasteiger partial charge on any atom is -0.332 e. The maximum absolute atomic E-state index is 12.2. The van der Waals surface area contributed by atoms with Crippen molar-refractivity contribution in [3.8, 4) is 0 Å². The molecule has 1 aromatic heterocycles. The lowest BCUT2D eigenvalue weighted by atomic mass is 10.2. The molecule has 18 heavy (non-hydrogen) atoms. The second-order valence-corrected chi connectivity index (χ2v) is 4.75. The van der Waals surface area contributed by atoms with Crippen LogP contribution in [0.15, 0.2) is 42.0 Å². The minimum atomic E-state index is -0.00759. The van der Waals surface area contributed by atoms with Gasteiger partial charge in [0.15, 0.2) is 0 Å². The molecule has 2 N–H and O–H groups in total. The Hall–Kier alpha value is -1.72. The van der Waals surface area contributed by atoms with Crippen molar-refractivity contribution in [1.82, 2.24) is 9.88 Å². The van der Waals surface area contributed by atoms with Gasteiger partial charge in [0, 0.05) is 19.6 Å². The largest absolute Gasteiger partial charge is 0.332 e. The summed E-state index contributed by atoms with van der Waals surface area (Å²) in [5.41, 5.74) is 8.33. The van der Waals surface area contributed by atoms with Gasteiger partial charge in [-0.2, -0.15) is 0 Å². The number of aromatic nitrogens is 1. The van der Waals surface area contributed by atoms with Gasteiger partial charge in [0.2, 0.25) is 0 Å². The Morgan fingerprint density at radius 2 is 2.11 bits per heavy atom. The van der Waals surface area contributed by atoms with E-state index in [2.05, 4.69) is 4.98 Å². The van der Waals surface area contributed by atoms with Crippen LogP contribution in [0, 0.1) is 0 Å². The average Bonchev–Trinajstić information content (AvgIpc) is 2.92. The zero-order chi connectivity index (χ0) is 12.8. The Morgan fingerprint density at radius 3 is 2.72 bits per heavy atom. The first-order chi connectivity index (χ1) is 8.81. The topological polar surface area (TPSA) is 59.2 Å². The Morgan fingerprint density at radius 1 is 1.33 bits per heavy atom. The van der Waals surface area contributed by atoms with Gasteiger partial charge in [-0.1, -0.05) is 30.3 Å². The Labute approximate surface area is 110 Å². The van der Waals surface area contributed by atoms with Crippen LogP contribution in [0.3, 0.4) is 0 Å². The predicted molar refractivity (Wildman–Crippen MR) is 72.4 cm³/mol. The van der Waals surface area contributed by atoms with E-state index in [1.807, 2.05) is 30.3 Å². The van der Waals surface area contributed by atoms with Crippen LogP contribution < -0.4 is 5.73 Å². The SMILES string of the molecule is NCCN(Cc1ccccc1)C(=O)c1cncs1. The minimum absolute atomic E-state index is 0.00759. The maximum atomic E-state index is 12.2. The van der Waals surface area contributed by atoms with E-state index in [9.17, 15) is 4.79 Å². The summed E-state index contributed by atoms with van der Waals surface area (Å²) in [4.78, 5) is 18.6. The molecule has 2 aromatic rings. The molecule has 0 aliphatic rings. The lowest BCUT2D eigenvalue weighted by molar-refractivity contribution is 0.0753. The third-order valence-electron chi connectivity index (χ3n) is 2.55. The molecule has 0 unspecified atom stereocenters. The molecule has 0 spiro atoms. The summed E-state index contributed by atoms with van der Waals surface area (Å²) in [5.74, 6) is -0.00759. The van der Waals surface area contributed by atoms with Gasteiger partial charge >= 0.3 is 0 Å². The molecule has 1 heterocycles. The van der Waals surface area contributed by atoms with Crippen LogP contribution >= 0.6 is 11.3 Å². The summed E-state index contributed by atoms with van der Waals surface area (Å²) in [7, 11) is 0. The Kier molecular flexibility index (Phi) is 4.44. The van der Waals surface area contributed by atoms with Crippen molar-refractivity contribution >= 4 is 17.2 Å². The zero-order valence-corrected chi connectivity index (χ0v) is 10.8. The monoisotopic (exact) mass is 261 g/mol. The van der Waals surface area contributed by atoms with Crippen LogP contribution in [0.5, 0.6) is 0 Å². The molecule has 0 aliphatic carbocycles. The first kappa shape index (κ1) is 12.7. The summed E-state index contributed by atoms with van der Waals surface area (Å²) in [6.07, 6.45) is 1.60. The maximum Gasteiger partial charge on any atom is 0.265 e. The van der Waals surface area contributed by atoms with Gasteiger partial charge in [-0.3, -0.25) is 9.78 Å². The molecule has 0 radical (unpaired) electrons. The molecule has 0 aliphatic heterocycles. The van der Waals surface area contributed by atoms with E-state index < -0.39 is 0 Å². The highest BCUT2D eigenvalue weighted by Gasteiger charge is 2.16. The molecule has 0 saturated heterocycles. The van der Waals surface area contributed by atoms with Crippen molar-refractivity contribution in [2.24, 2.45) is 5.73 Å². The van der Waals surface area contributed by atoms with E-state index in [1.165, 1.54) is 11.3 Å². The summed E-state index contributed by atoms with van der Waals surface area (Å²) < 4.78 is 0. The molecular weight excluding hydrogens is 246 g/mol. The van der Waals surface area contributed by atoms with E-state index in [1.54, 1.807) is 16.6 Å². The Bertz CT molecular complexity index is 484. The number of nitrogens with two attached hydrogens (primary N) is 1. The number of nitrogens with zero attached hydrogens (tertiary/aromatic N) is 2. The van der Waals surface area contributed by atoms with Gasteiger partial charge in [-0.25, -0.2) is 0 Å². The van der Waals surface area contributed by atoms with Crippen molar-refractivity contribution in [2.45, 2.75) is 6.54 Å². The molecule has 4 nitrogen and oxygen atoms in total. The lowest BCUT2D eigenvalue weighted by Gasteiger charge is -2.21. The third-order valence-corrected chi connectivity index (χ3v) is 3.31. The average molecular weight is 261 g/mol. The van der Waals surface area contributed by atoms with E-state index in [-0.39, 0.29) is 5.91 Å². The number of hydrogen-bond donors (Lipinski definition) is 1. The third kappa shape index (κ3) is 3.15. The highest BCUT2D eigenvalue weighted by atomic mass is 32.1. The van der Waals surface area contributed by atoms with Crippen LogP contribution in [-0.4, -0.2) is 28.9 Å². The molecular formula is C13H15N3OS.